The predicted octanol–water partition coefficient (Wildman–Crippen LogP) is -0.250. The highest BCUT2D eigenvalue weighted by molar-refractivity contribution is 4.98. The molecule has 0 heterocycles. The SMILES string of the molecule is C[C@]1(CO)C[C@@H]1O. The van der Waals surface area contributed by atoms with Gasteiger partial charge in [0.1, 0.15) is 0 Å². The van der Waals surface area contributed by atoms with Gasteiger partial charge in [-0.15, -0.1) is 0 Å². The zero-order valence-electron chi connectivity index (χ0n) is 4.39. The largest absolute Gasteiger partial charge is 0.396 e. The smallest absolute Gasteiger partial charge is 0.0623 e. The van der Waals surface area contributed by atoms with E-state index in [-0.39, 0.29) is 18.1 Å². The maximum atomic E-state index is 8.73. The molecule has 2 atom stereocenters. The summed E-state index contributed by atoms with van der Waals surface area (Å²) >= 11 is 0. The molecular weight excluding hydrogens is 92.1 g/mol. The van der Waals surface area contributed by atoms with Crippen LogP contribution in [0, 0.1) is 5.41 Å². The monoisotopic (exact) mass is 102 g/mol. The van der Waals surface area contributed by atoms with Crippen LogP contribution in [0.3, 0.4) is 0 Å². The van der Waals surface area contributed by atoms with Gasteiger partial charge < -0.3 is 10.2 Å². The Labute approximate surface area is 42.8 Å². The van der Waals surface area contributed by atoms with Gasteiger partial charge in [-0.3, -0.25) is 0 Å². The molecule has 0 radical (unpaired) electrons. The minimum atomic E-state index is -0.238. The highest BCUT2D eigenvalue weighted by Crippen LogP contribution is 2.44. The van der Waals surface area contributed by atoms with E-state index < -0.39 is 0 Å². The van der Waals surface area contributed by atoms with E-state index in [1.807, 2.05) is 6.92 Å². The fourth-order valence-electron chi connectivity index (χ4n) is 0.553. The van der Waals surface area contributed by atoms with Gasteiger partial charge in [-0.2, -0.15) is 0 Å². The number of rotatable bonds is 1. The number of aliphatic hydroxyl groups is 2. The van der Waals surface area contributed by atoms with E-state index in [2.05, 4.69) is 0 Å². The van der Waals surface area contributed by atoms with Crippen LogP contribution < -0.4 is 0 Å². The van der Waals surface area contributed by atoms with Crippen LogP contribution in [-0.2, 0) is 0 Å². The topological polar surface area (TPSA) is 40.5 Å². The average molecular weight is 102 g/mol. The Kier molecular flexibility index (Phi) is 0.869. The predicted molar refractivity (Wildman–Crippen MR) is 25.8 cm³/mol. The zero-order valence-corrected chi connectivity index (χ0v) is 4.39. The molecule has 2 nitrogen and oxygen atoms in total. The van der Waals surface area contributed by atoms with Crippen molar-refractivity contribution in [2.45, 2.75) is 19.4 Å². The third kappa shape index (κ3) is 0.640. The molecule has 7 heavy (non-hydrogen) atoms. The normalized spacial score (nSPS) is 49.3. The minimum Gasteiger partial charge on any atom is -0.396 e. The van der Waals surface area contributed by atoms with Crippen molar-refractivity contribution in [3.63, 3.8) is 0 Å². The van der Waals surface area contributed by atoms with E-state index in [1.54, 1.807) is 0 Å². The molecule has 42 valence electrons. The van der Waals surface area contributed by atoms with Crippen LogP contribution in [0.5, 0.6) is 0 Å². The minimum absolute atomic E-state index is 0.119. The standard InChI is InChI=1S/C5H10O2/c1-5(3-6)2-4(5)7/h4,6-7H,2-3H2,1H3/t4-,5+/m0/s1. The Balaban J connectivity index is 2.36. The molecule has 0 spiro atoms. The second-order valence-corrected chi connectivity index (χ2v) is 2.53. The van der Waals surface area contributed by atoms with Crippen molar-refractivity contribution < 1.29 is 10.2 Å². The van der Waals surface area contributed by atoms with Gasteiger partial charge in [-0.05, 0) is 6.42 Å². The number of aliphatic hydroxyl groups excluding tert-OH is 2. The quantitative estimate of drug-likeness (QED) is 0.479. The van der Waals surface area contributed by atoms with Crippen molar-refractivity contribution >= 4 is 0 Å². The fourth-order valence-corrected chi connectivity index (χ4v) is 0.553. The Morgan fingerprint density at radius 1 is 1.86 bits per heavy atom. The molecule has 1 aliphatic carbocycles. The van der Waals surface area contributed by atoms with E-state index in [9.17, 15) is 0 Å². The molecule has 1 saturated carbocycles. The molecule has 0 aromatic rings. The summed E-state index contributed by atoms with van der Waals surface area (Å²) in [7, 11) is 0. The Morgan fingerprint density at radius 2 is 2.29 bits per heavy atom. The second-order valence-electron chi connectivity index (χ2n) is 2.53. The van der Waals surface area contributed by atoms with Gasteiger partial charge in [0.25, 0.3) is 0 Å². The summed E-state index contributed by atoms with van der Waals surface area (Å²) in [5, 5.41) is 17.2. The molecule has 0 unspecified atom stereocenters. The first-order valence-corrected chi connectivity index (χ1v) is 2.48. The fraction of sp³-hybridized carbons (Fsp3) is 1.00. The summed E-state index contributed by atoms with van der Waals surface area (Å²) in [5.41, 5.74) is -0.139. The van der Waals surface area contributed by atoms with Crippen LogP contribution in [0.2, 0.25) is 0 Å². The number of hydrogen-bond donors (Lipinski definition) is 2. The van der Waals surface area contributed by atoms with Crippen LogP contribution in [-0.4, -0.2) is 22.9 Å². The Morgan fingerprint density at radius 3 is 2.29 bits per heavy atom. The van der Waals surface area contributed by atoms with Crippen LogP contribution in [0.1, 0.15) is 13.3 Å². The maximum Gasteiger partial charge on any atom is 0.0623 e. The lowest BCUT2D eigenvalue weighted by Crippen LogP contribution is -2.05. The lowest BCUT2D eigenvalue weighted by atomic mass is 10.2. The molecule has 1 fully saturated rings. The summed E-state index contributed by atoms with van der Waals surface area (Å²) in [6.45, 7) is 1.99. The van der Waals surface area contributed by atoms with Gasteiger partial charge in [-0.25, -0.2) is 0 Å². The van der Waals surface area contributed by atoms with Crippen LogP contribution in [0.15, 0.2) is 0 Å². The average Bonchev–Trinajstić information content (AvgIpc) is 2.18. The molecule has 2 N–H and O–H groups in total. The van der Waals surface area contributed by atoms with Gasteiger partial charge in [0.2, 0.25) is 0 Å². The second kappa shape index (κ2) is 1.20. The van der Waals surface area contributed by atoms with Crippen molar-refractivity contribution in [3.8, 4) is 0 Å². The Bertz CT molecular complexity index is 78.1. The van der Waals surface area contributed by atoms with Crippen LogP contribution in [0.4, 0.5) is 0 Å². The summed E-state index contributed by atoms with van der Waals surface area (Å²) in [5.74, 6) is 0. The first-order valence-electron chi connectivity index (χ1n) is 2.48. The summed E-state index contributed by atoms with van der Waals surface area (Å²) in [6, 6.07) is 0. The van der Waals surface area contributed by atoms with Crippen LogP contribution in [0.25, 0.3) is 0 Å². The molecule has 0 aromatic carbocycles. The molecule has 0 bridgehead atoms. The van der Waals surface area contributed by atoms with E-state index in [0.717, 1.165) is 6.42 Å². The molecule has 1 aliphatic rings. The van der Waals surface area contributed by atoms with Crippen LogP contribution >= 0.6 is 0 Å². The molecule has 0 aliphatic heterocycles. The Hall–Kier alpha value is -0.0800. The summed E-state index contributed by atoms with van der Waals surface area (Å²) in [6.07, 6.45) is 0.529. The maximum absolute atomic E-state index is 8.73. The van der Waals surface area contributed by atoms with Gasteiger partial charge in [-0.1, -0.05) is 6.92 Å². The summed E-state index contributed by atoms with van der Waals surface area (Å²) < 4.78 is 0. The van der Waals surface area contributed by atoms with Gasteiger partial charge in [0.15, 0.2) is 0 Å². The van der Waals surface area contributed by atoms with Crippen molar-refractivity contribution in [3.05, 3.63) is 0 Å². The highest BCUT2D eigenvalue weighted by atomic mass is 16.3. The molecule has 1 rings (SSSR count). The van der Waals surface area contributed by atoms with Crippen molar-refractivity contribution in [2.75, 3.05) is 6.61 Å². The van der Waals surface area contributed by atoms with Crippen molar-refractivity contribution in [2.24, 2.45) is 5.41 Å². The van der Waals surface area contributed by atoms with Crippen molar-refractivity contribution in [1.29, 1.82) is 0 Å². The highest BCUT2D eigenvalue weighted by Gasteiger charge is 2.48. The van der Waals surface area contributed by atoms with E-state index >= 15 is 0 Å². The molecule has 2 heteroatoms. The third-order valence-electron chi connectivity index (χ3n) is 1.67. The van der Waals surface area contributed by atoms with E-state index in [1.165, 1.54) is 0 Å². The van der Waals surface area contributed by atoms with E-state index in [4.69, 9.17) is 10.2 Å². The summed E-state index contributed by atoms with van der Waals surface area (Å²) in [4.78, 5) is 0. The first kappa shape index (κ1) is 5.06. The third-order valence-corrected chi connectivity index (χ3v) is 1.67. The number of hydrogen-bond acceptors (Lipinski definition) is 2. The van der Waals surface area contributed by atoms with Gasteiger partial charge in [0, 0.05) is 5.41 Å². The molecular formula is C5H10O2. The lowest BCUT2D eigenvalue weighted by Gasteiger charge is -1.98. The molecule has 0 saturated heterocycles. The molecule has 0 amide bonds. The van der Waals surface area contributed by atoms with Crippen molar-refractivity contribution in [1.82, 2.24) is 0 Å². The van der Waals surface area contributed by atoms with E-state index in [0.29, 0.717) is 0 Å². The van der Waals surface area contributed by atoms with Gasteiger partial charge >= 0.3 is 0 Å². The van der Waals surface area contributed by atoms with Gasteiger partial charge in [0.05, 0.1) is 12.7 Å². The zero-order chi connectivity index (χ0) is 5.49. The first-order chi connectivity index (χ1) is 3.19. The molecule has 0 aromatic heterocycles. The lowest BCUT2D eigenvalue weighted by molar-refractivity contribution is 0.158.